The van der Waals surface area contributed by atoms with Crippen molar-refractivity contribution in [1.82, 2.24) is 9.78 Å². The number of nitrogens with zero attached hydrogens (tertiary/aromatic N) is 3. The van der Waals surface area contributed by atoms with Crippen molar-refractivity contribution >= 4 is 22.8 Å². The zero-order valence-electron chi connectivity index (χ0n) is 15.3. The summed E-state index contributed by atoms with van der Waals surface area (Å²) in [5, 5.41) is 5.40. The molecule has 3 aromatic rings. The standard InChI is InChI=1S/C20H21N3O4/c1-22-18-10-15(26-12-14-6-4-3-5-7-14)8-9-17(18)19(21-22)23-11-16(13-25-2)27-20(23)24/h3-10,16H,11-13H2,1-2H3. The Labute approximate surface area is 157 Å². The van der Waals surface area contributed by atoms with Gasteiger partial charge >= 0.3 is 6.09 Å². The van der Waals surface area contributed by atoms with Crippen molar-refractivity contribution in [2.45, 2.75) is 12.7 Å². The number of anilines is 1. The Hall–Kier alpha value is -3.06. The number of benzene rings is 2. The summed E-state index contributed by atoms with van der Waals surface area (Å²) in [7, 11) is 3.44. The second kappa shape index (κ2) is 7.28. The van der Waals surface area contributed by atoms with E-state index in [9.17, 15) is 4.79 Å². The van der Waals surface area contributed by atoms with Gasteiger partial charge in [0.25, 0.3) is 0 Å². The number of fused-ring (bicyclic) bond motifs is 1. The maximum Gasteiger partial charge on any atom is 0.416 e. The van der Waals surface area contributed by atoms with Crippen LogP contribution >= 0.6 is 0 Å². The first-order valence-electron chi connectivity index (χ1n) is 8.76. The summed E-state index contributed by atoms with van der Waals surface area (Å²) < 4.78 is 18.1. The number of hydrogen-bond donors (Lipinski definition) is 0. The summed E-state index contributed by atoms with van der Waals surface area (Å²) in [6.45, 7) is 1.28. The van der Waals surface area contributed by atoms with E-state index < -0.39 is 6.09 Å². The number of amides is 1. The molecule has 0 bridgehead atoms. The highest BCUT2D eigenvalue weighted by atomic mass is 16.6. The van der Waals surface area contributed by atoms with Crippen LogP contribution in [0.3, 0.4) is 0 Å². The van der Waals surface area contributed by atoms with E-state index in [4.69, 9.17) is 14.2 Å². The zero-order valence-corrected chi connectivity index (χ0v) is 15.3. The van der Waals surface area contributed by atoms with Gasteiger partial charge in [0.2, 0.25) is 0 Å². The second-order valence-electron chi connectivity index (χ2n) is 6.47. The SMILES string of the molecule is COCC1CN(c2nn(C)c3cc(OCc4ccccc4)ccc23)C(=O)O1. The molecule has 7 heteroatoms. The maximum absolute atomic E-state index is 12.2. The molecule has 27 heavy (non-hydrogen) atoms. The largest absolute Gasteiger partial charge is 0.489 e. The van der Waals surface area contributed by atoms with Gasteiger partial charge in [-0.05, 0) is 17.7 Å². The van der Waals surface area contributed by atoms with Crippen LogP contribution in [0.15, 0.2) is 48.5 Å². The number of aryl methyl sites for hydroxylation is 1. The van der Waals surface area contributed by atoms with Crippen molar-refractivity contribution < 1.29 is 19.0 Å². The topological polar surface area (TPSA) is 65.8 Å². The van der Waals surface area contributed by atoms with Crippen LogP contribution in [0.25, 0.3) is 10.9 Å². The molecule has 140 valence electrons. The van der Waals surface area contributed by atoms with Gasteiger partial charge < -0.3 is 14.2 Å². The number of cyclic esters (lactones) is 1. The molecule has 0 aliphatic carbocycles. The first kappa shape index (κ1) is 17.4. The van der Waals surface area contributed by atoms with Gasteiger partial charge in [0.1, 0.15) is 18.5 Å². The van der Waals surface area contributed by atoms with Gasteiger partial charge in [0.05, 0.1) is 18.7 Å². The summed E-state index contributed by atoms with van der Waals surface area (Å²) in [6, 6.07) is 15.8. The number of rotatable bonds is 6. The van der Waals surface area contributed by atoms with E-state index >= 15 is 0 Å². The minimum atomic E-state index is -0.401. The molecular weight excluding hydrogens is 346 g/mol. The lowest BCUT2D eigenvalue weighted by Crippen LogP contribution is -2.26. The molecule has 0 N–H and O–H groups in total. The average Bonchev–Trinajstić information content (AvgIpc) is 3.20. The Morgan fingerprint density at radius 3 is 2.81 bits per heavy atom. The Balaban J connectivity index is 1.57. The zero-order chi connectivity index (χ0) is 18.8. The highest BCUT2D eigenvalue weighted by Crippen LogP contribution is 2.31. The van der Waals surface area contributed by atoms with Gasteiger partial charge in [-0.3, -0.25) is 9.58 Å². The normalized spacial score (nSPS) is 16.7. The molecule has 1 atom stereocenters. The summed E-state index contributed by atoms with van der Waals surface area (Å²) in [6.07, 6.45) is -0.686. The third-order valence-electron chi connectivity index (χ3n) is 4.53. The maximum atomic E-state index is 12.2. The fourth-order valence-corrected chi connectivity index (χ4v) is 3.22. The average molecular weight is 367 g/mol. The molecule has 1 amide bonds. The highest BCUT2D eigenvalue weighted by Gasteiger charge is 2.35. The Morgan fingerprint density at radius 2 is 2.04 bits per heavy atom. The number of methoxy groups -OCH3 is 1. The molecule has 7 nitrogen and oxygen atoms in total. The number of aromatic nitrogens is 2. The Kier molecular flexibility index (Phi) is 4.68. The second-order valence-corrected chi connectivity index (χ2v) is 6.47. The van der Waals surface area contributed by atoms with Crippen molar-refractivity contribution in [3.8, 4) is 5.75 Å². The molecule has 2 heterocycles. The quantitative estimate of drug-likeness (QED) is 0.670. The van der Waals surface area contributed by atoms with Crippen molar-refractivity contribution in [2.75, 3.05) is 25.2 Å². The van der Waals surface area contributed by atoms with Crippen LogP contribution in [0, 0.1) is 0 Å². The van der Waals surface area contributed by atoms with Crippen molar-refractivity contribution in [2.24, 2.45) is 7.05 Å². The molecule has 2 aromatic carbocycles. The van der Waals surface area contributed by atoms with Crippen LogP contribution in [0.5, 0.6) is 5.75 Å². The van der Waals surface area contributed by atoms with Crippen LogP contribution < -0.4 is 9.64 Å². The third kappa shape index (κ3) is 3.46. The first-order valence-corrected chi connectivity index (χ1v) is 8.76. The fourth-order valence-electron chi connectivity index (χ4n) is 3.22. The van der Waals surface area contributed by atoms with E-state index in [0.717, 1.165) is 22.2 Å². The van der Waals surface area contributed by atoms with Crippen LogP contribution in [0.4, 0.5) is 10.6 Å². The smallest absolute Gasteiger partial charge is 0.416 e. The summed E-state index contributed by atoms with van der Waals surface area (Å²) >= 11 is 0. The lowest BCUT2D eigenvalue weighted by molar-refractivity contribution is 0.0718. The molecule has 0 radical (unpaired) electrons. The monoisotopic (exact) mass is 367 g/mol. The van der Waals surface area contributed by atoms with Crippen LogP contribution in [-0.4, -0.2) is 42.2 Å². The molecule has 1 aliphatic rings. The molecule has 1 saturated heterocycles. The van der Waals surface area contributed by atoms with E-state index in [0.29, 0.717) is 25.6 Å². The number of ether oxygens (including phenoxy) is 3. The lowest BCUT2D eigenvalue weighted by Gasteiger charge is -2.10. The number of carbonyl (C=O) groups is 1. The van der Waals surface area contributed by atoms with Crippen molar-refractivity contribution in [1.29, 1.82) is 0 Å². The molecule has 1 fully saturated rings. The minimum absolute atomic E-state index is 0.284. The van der Waals surface area contributed by atoms with Crippen LogP contribution in [0.2, 0.25) is 0 Å². The molecule has 1 aromatic heterocycles. The summed E-state index contributed by atoms with van der Waals surface area (Å²) in [5.74, 6) is 1.34. The molecule has 1 unspecified atom stereocenters. The van der Waals surface area contributed by atoms with Gasteiger partial charge in [0.15, 0.2) is 5.82 Å². The van der Waals surface area contributed by atoms with E-state index in [1.54, 1.807) is 16.7 Å². The Bertz CT molecular complexity index is 955. The van der Waals surface area contributed by atoms with Crippen LogP contribution in [0.1, 0.15) is 5.56 Å². The number of carbonyl (C=O) groups excluding carboxylic acids is 1. The fraction of sp³-hybridized carbons (Fsp3) is 0.300. The van der Waals surface area contributed by atoms with Gasteiger partial charge in [-0.1, -0.05) is 30.3 Å². The summed E-state index contributed by atoms with van der Waals surface area (Å²) in [4.78, 5) is 13.8. The van der Waals surface area contributed by atoms with Gasteiger partial charge in [-0.25, -0.2) is 4.79 Å². The molecule has 4 rings (SSSR count). The predicted octanol–water partition coefficient (Wildman–Crippen LogP) is 3.12. The minimum Gasteiger partial charge on any atom is -0.489 e. The van der Waals surface area contributed by atoms with Crippen LogP contribution in [-0.2, 0) is 23.1 Å². The molecular formula is C20H21N3O4. The number of hydrogen-bond acceptors (Lipinski definition) is 5. The van der Waals surface area contributed by atoms with E-state index in [1.165, 1.54) is 0 Å². The van der Waals surface area contributed by atoms with Crippen molar-refractivity contribution in [3.63, 3.8) is 0 Å². The molecule has 0 spiro atoms. The predicted molar refractivity (Wildman–Crippen MR) is 101 cm³/mol. The van der Waals surface area contributed by atoms with Gasteiger partial charge in [0, 0.05) is 25.6 Å². The molecule has 1 aliphatic heterocycles. The Morgan fingerprint density at radius 1 is 1.22 bits per heavy atom. The lowest BCUT2D eigenvalue weighted by atomic mass is 10.2. The van der Waals surface area contributed by atoms with Gasteiger partial charge in [-0.2, -0.15) is 5.10 Å². The van der Waals surface area contributed by atoms with E-state index in [2.05, 4.69) is 5.10 Å². The van der Waals surface area contributed by atoms with Crippen molar-refractivity contribution in [3.05, 3.63) is 54.1 Å². The first-order chi connectivity index (χ1) is 13.2. The summed E-state index contributed by atoms with van der Waals surface area (Å²) in [5.41, 5.74) is 1.99. The highest BCUT2D eigenvalue weighted by molar-refractivity contribution is 6.00. The van der Waals surface area contributed by atoms with E-state index in [1.807, 2.05) is 55.6 Å². The third-order valence-corrected chi connectivity index (χ3v) is 4.53. The van der Waals surface area contributed by atoms with E-state index in [-0.39, 0.29) is 6.10 Å². The molecule has 0 saturated carbocycles. The van der Waals surface area contributed by atoms with Gasteiger partial charge in [-0.15, -0.1) is 0 Å².